The van der Waals surface area contributed by atoms with E-state index in [0.717, 1.165) is 11.5 Å². The van der Waals surface area contributed by atoms with Crippen molar-refractivity contribution in [2.75, 3.05) is 6.66 Å². The summed E-state index contributed by atoms with van der Waals surface area (Å²) in [6, 6.07) is 30.8. The summed E-state index contributed by atoms with van der Waals surface area (Å²) < 4.78 is 5.99. The van der Waals surface area contributed by atoms with E-state index in [4.69, 9.17) is 4.42 Å². The molecule has 0 fully saturated rings. The van der Waals surface area contributed by atoms with E-state index in [1.165, 1.54) is 32.6 Å². The standard InChI is InChI=1S/C26H26OP/c1-19-20(2)27-21(3)26(19)24-17-11-12-18-25(24)28(4,22-13-7-5-8-14-22)23-15-9-6-10-16-23/h5-18H,1-4H3/q+1. The molecule has 0 N–H and O–H groups in total. The van der Waals surface area contributed by atoms with E-state index < -0.39 is 7.26 Å². The third-order valence-electron chi connectivity index (χ3n) is 5.76. The summed E-state index contributed by atoms with van der Waals surface area (Å²) in [6.07, 6.45) is 0. The van der Waals surface area contributed by atoms with Crippen molar-refractivity contribution in [1.29, 1.82) is 0 Å². The number of aryl methyl sites for hydroxylation is 2. The van der Waals surface area contributed by atoms with Gasteiger partial charge >= 0.3 is 0 Å². The Morgan fingerprint density at radius 1 is 0.607 bits per heavy atom. The quantitative estimate of drug-likeness (QED) is 0.405. The van der Waals surface area contributed by atoms with E-state index in [0.29, 0.717) is 0 Å². The fourth-order valence-corrected chi connectivity index (χ4v) is 7.59. The minimum Gasteiger partial charge on any atom is -0.466 e. The second kappa shape index (κ2) is 7.41. The molecule has 2 heteroatoms. The fourth-order valence-electron chi connectivity index (χ4n) is 4.14. The molecule has 0 bridgehead atoms. The van der Waals surface area contributed by atoms with Crippen LogP contribution in [0.5, 0.6) is 0 Å². The first-order valence-electron chi connectivity index (χ1n) is 9.67. The first kappa shape index (κ1) is 18.7. The number of furan rings is 1. The Morgan fingerprint density at radius 3 is 1.61 bits per heavy atom. The van der Waals surface area contributed by atoms with Crippen LogP contribution in [0, 0.1) is 20.8 Å². The van der Waals surface area contributed by atoms with Crippen molar-refractivity contribution < 1.29 is 4.42 Å². The van der Waals surface area contributed by atoms with Gasteiger partial charge in [0.1, 0.15) is 34.7 Å². The van der Waals surface area contributed by atoms with Gasteiger partial charge in [-0.2, -0.15) is 0 Å². The van der Waals surface area contributed by atoms with E-state index in [2.05, 4.69) is 112 Å². The first-order chi connectivity index (χ1) is 13.5. The van der Waals surface area contributed by atoms with E-state index in [9.17, 15) is 0 Å². The van der Waals surface area contributed by atoms with Crippen molar-refractivity contribution in [3.05, 3.63) is 102 Å². The van der Waals surface area contributed by atoms with Gasteiger partial charge in [-0.1, -0.05) is 54.6 Å². The van der Waals surface area contributed by atoms with Crippen LogP contribution in [0.15, 0.2) is 89.3 Å². The summed E-state index contributed by atoms with van der Waals surface area (Å²) in [5.74, 6) is 2.00. The molecule has 0 saturated heterocycles. The smallest absolute Gasteiger partial charge is 0.112 e. The molecule has 1 nitrogen and oxygen atoms in total. The number of rotatable bonds is 4. The van der Waals surface area contributed by atoms with Gasteiger partial charge in [0.25, 0.3) is 0 Å². The average Bonchev–Trinajstić information content (AvgIpc) is 3.00. The van der Waals surface area contributed by atoms with Crippen LogP contribution in [-0.2, 0) is 0 Å². The van der Waals surface area contributed by atoms with Crippen LogP contribution in [0.3, 0.4) is 0 Å². The van der Waals surface area contributed by atoms with Gasteiger partial charge < -0.3 is 4.42 Å². The van der Waals surface area contributed by atoms with Gasteiger partial charge in [-0.05, 0) is 56.7 Å². The van der Waals surface area contributed by atoms with Gasteiger partial charge in [0.15, 0.2) is 0 Å². The topological polar surface area (TPSA) is 13.1 Å². The molecule has 3 aromatic carbocycles. The van der Waals surface area contributed by atoms with Gasteiger partial charge in [-0.15, -0.1) is 0 Å². The summed E-state index contributed by atoms with van der Waals surface area (Å²) >= 11 is 0. The second-order valence-corrected chi connectivity index (χ2v) is 10.9. The van der Waals surface area contributed by atoms with Crippen LogP contribution < -0.4 is 15.9 Å². The van der Waals surface area contributed by atoms with Crippen molar-refractivity contribution >= 4 is 23.2 Å². The van der Waals surface area contributed by atoms with Gasteiger partial charge in [-0.25, -0.2) is 0 Å². The molecule has 0 spiro atoms. The Bertz CT molecular complexity index is 1050. The highest BCUT2D eigenvalue weighted by Crippen LogP contribution is 2.54. The van der Waals surface area contributed by atoms with E-state index >= 15 is 0 Å². The van der Waals surface area contributed by atoms with Crippen LogP contribution in [0.2, 0.25) is 0 Å². The molecule has 140 valence electrons. The van der Waals surface area contributed by atoms with Crippen LogP contribution >= 0.6 is 7.26 Å². The Morgan fingerprint density at radius 2 is 1.11 bits per heavy atom. The van der Waals surface area contributed by atoms with Gasteiger partial charge in [0.2, 0.25) is 0 Å². The molecule has 0 radical (unpaired) electrons. The second-order valence-electron chi connectivity index (χ2n) is 7.41. The largest absolute Gasteiger partial charge is 0.466 e. The zero-order valence-corrected chi connectivity index (χ0v) is 17.8. The first-order valence-corrected chi connectivity index (χ1v) is 11.9. The van der Waals surface area contributed by atoms with E-state index in [1.807, 2.05) is 0 Å². The zero-order chi connectivity index (χ0) is 19.7. The molecule has 0 aliphatic rings. The number of hydrogen-bond donors (Lipinski definition) is 0. The molecule has 0 unspecified atom stereocenters. The molecule has 0 saturated carbocycles. The van der Waals surface area contributed by atoms with Gasteiger partial charge in [0.05, 0.1) is 6.66 Å². The van der Waals surface area contributed by atoms with E-state index in [-0.39, 0.29) is 0 Å². The van der Waals surface area contributed by atoms with E-state index in [1.54, 1.807) is 0 Å². The minimum absolute atomic E-state index is 0.995. The van der Waals surface area contributed by atoms with Crippen molar-refractivity contribution in [1.82, 2.24) is 0 Å². The van der Waals surface area contributed by atoms with Gasteiger partial charge in [0, 0.05) is 11.1 Å². The monoisotopic (exact) mass is 385 g/mol. The van der Waals surface area contributed by atoms with Crippen molar-refractivity contribution in [3.63, 3.8) is 0 Å². The van der Waals surface area contributed by atoms with Crippen LogP contribution in [0.1, 0.15) is 17.1 Å². The highest BCUT2D eigenvalue weighted by molar-refractivity contribution is 7.95. The summed E-state index contributed by atoms with van der Waals surface area (Å²) in [6.45, 7) is 8.73. The summed E-state index contributed by atoms with van der Waals surface area (Å²) in [5.41, 5.74) is 3.77. The Balaban J connectivity index is 2.05. The lowest BCUT2D eigenvalue weighted by Crippen LogP contribution is -2.31. The molecule has 1 heterocycles. The molecule has 4 rings (SSSR count). The maximum atomic E-state index is 5.99. The minimum atomic E-state index is -1.80. The SMILES string of the molecule is Cc1oc(C)c(-c2ccccc2[P+](C)(c2ccccc2)c2ccccc2)c1C. The van der Waals surface area contributed by atoms with Crippen LogP contribution in [0.25, 0.3) is 11.1 Å². The highest BCUT2D eigenvalue weighted by atomic mass is 31.2. The Hall–Kier alpha value is -2.63. The lowest BCUT2D eigenvalue weighted by Gasteiger charge is -2.25. The highest BCUT2D eigenvalue weighted by Gasteiger charge is 2.42. The summed E-state index contributed by atoms with van der Waals surface area (Å²) in [4.78, 5) is 0. The lowest BCUT2D eigenvalue weighted by molar-refractivity contribution is 0.503. The third-order valence-corrected chi connectivity index (χ3v) is 9.78. The summed E-state index contributed by atoms with van der Waals surface area (Å²) in [7, 11) is -1.80. The molecule has 0 aliphatic carbocycles. The van der Waals surface area contributed by atoms with Crippen molar-refractivity contribution in [2.24, 2.45) is 0 Å². The normalized spacial score (nSPS) is 11.6. The molecular formula is C26H26OP+. The number of hydrogen-bond acceptors (Lipinski definition) is 1. The molecule has 0 atom stereocenters. The molecular weight excluding hydrogens is 359 g/mol. The fraction of sp³-hybridized carbons (Fsp3) is 0.154. The predicted octanol–water partition coefficient (Wildman–Crippen LogP) is 5.80. The molecule has 1 aromatic heterocycles. The number of benzene rings is 3. The Labute approximate surface area is 168 Å². The molecule has 28 heavy (non-hydrogen) atoms. The maximum Gasteiger partial charge on any atom is 0.112 e. The summed E-state index contributed by atoms with van der Waals surface area (Å²) in [5, 5.41) is 4.19. The van der Waals surface area contributed by atoms with Gasteiger partial charge in [-0.3, -0.25) is 0 Å². The van der Waals surface area contributed by atoms with Crippen LogP contribution in [0.4, 0.5) is 0 Å². The maximum absolute atomic E-state index is 5.99. The van der Waals surface area contributed by atoms with Crippen molar-refractivity contribution in [2.45, 2.75) is 20.8 Å². The Kier molecular flexibility index (Phi) is 4.96. The third kappa shape index (κ3) is 3.01. The molecule has 4 aromatic rings. The lowest BCUT2D eigenvalue weighted by atomic mass is 10.0. The average molecular weight is 385 g/mol. The molecule has 0 aliphatic heterocycles. The van der Waals surface area contributed by atoms with Crippen molar-refractivity contribution in [3.8, 4) is 11.1 Å². The zero-order valence-electron chi connectivity index (χ0n) is 16.9. The predicted molar refractivity (Wildman–Crippen MR) is 123 cm³/mol. The van der Waals surface area contributed by atoms with Crippen LogP contribution in [-0.4, -0.2) is 6.66 Å². The molecule has 0 amide bonds.